The Hall–Kier alpha value is -0.620. The quantitative estimate of drug-likeness (QED) is 0.628. The van der Waals surface area contributed by atoms with Crippen molar-refractivity contribution in [2.24, 2.45) is 5.92 Å². The summed E-state index contributed by atoms with van der Waals surface area (Å²) in [5.74, 6) is 0.171. The fourth-order valence-electron chi connectivity index (χ4n) is 2.04. The molecule has 1 saturated heterocycles. The molecule has 5 nitrogen and oxygen atoms in total. The van der Waals surface area contributed by atoms with E-state index in [9.17, 15) is 13.2 Å². The average molecular weight is 263 g/mol. The first kappa shape index (κ1) is 14.4. The molecule has 0 spiro atoms. The van der Waals surface area contributed by atoms with Crippen LogP contribution in [0.25, 0.3) is 0 Å². The third-order valence-corrected chi connectivity index (χ3v) is 4.84. The van der Waals surface area contributed by atoms with Gasteiger partial charge in [-0.25, -0.2) is 8.42 Å². The Morgan fingerprint density at radius 2 is 2.06 bits per heavy atom. The predicted molar refractivity (Wildman–Crippen MR) is 65.7 cm³/mol. The molecule has 1 heterocycles. The van der Waals surface area contributed by atoms with Gasteiger partial charge in [0, 0.05) is 6.42 Å². The average Bonchev–Trinajstić information content (AvgIpc) is 2.56. The number of hydrogen-bond acceptors (Lipinski definition) is 4. The number of nitrogens with one attached hydrogen (secondary N) is 1. The number of unbranched alkanes of at least 4 members (excludes halogenated alkanes) is 2. The number of sulfone groups is 1. The van der Waals surface area contributed by atoms with Gasteiger partial charge < -0.3 is 10.4 Å². The lowest BCUT2D eigenvalue weighted by molar-refractivity contribution is -0.137. The van der Waals surface area contributed by atoms with Crippen LogP contribution in [-0.2, 0) is 14.6 Å². The first-order valence-corrected chi connectivity index (χ1v) is 7.95. The van der Waals surface area contributed by atoms with Crippen LogP contribution in [0.15, 0.2) is 0 Å². The van der Waals surface area contributed by atoms with E-state index < -0.39 is 15.8 Å². The molecule has 0 radical (unpaired) electrons. The Morgan fingerprint density at radius 3 is 2.65 bits per heavy atom. The van der Waals surface area contributed by atoms with Crippen molar-refractivity contribution in [2.45, 2.75) is 32.1 Å². The van der Waals surface area contributed by atoms with E-state index >= 15 is 0 Å². The van der Waals surface area contributed by atoms with Crippen molar-refractivity contribution in [3.05, 3.63) is 0 Å². The molecule has 0 aliphatic carbocycles. The highest BCUT2D eigenvalue weighted by Crippen LogP contribution is 2.17. The van der Waals surface area contributed by atoms with Gasteiger partial charge in [-0.15, -0.1) is 0 Å². The Labute approximate surface area is 103 Å². The largest absolute Gasteiger partial charge is 0.481 e. The molecule has 2 N–H and O–H groups in total. The molecule has 1 atom stereocenters. The number of carboxylic acid groups (broad SMARTS) is 1. The molecule has 6 heteroatoms. The van der Waals surface area contributed by atoms with Gasteiger partial charge in [-0.3, -0.25) is 4.79 Å². The van der Waals surface area contributed by atoms with Crippen LogP contribution in [-0.4, -0.2) is 44.1 Å². The molecule has 0 saturated carbocycles. The molecule has 1 aliphatic heterocycles. The van der Waals surface area contributed by atoms with E-state index in [1.165, 1.54) is 0 Å². The second kappa shape index (κ2) is 6.96. The summed E-state index contributed by atoms with van der Waals surface area (Å²) < 4.78 is 22.4. The maximum absolute atomic E-state index is 11.2. The van der Waals surface area contributed by atoms with Gasteiger partial charge in [0.25, 0.3) is 0 Å². The SMILES string of the molecule is O=C(O)CCCCCNCC1CCS(=O)(=O)C1. The standard InChI is InChI=1S/C11H21NO4S/c13-11(14)4-2-1-3-6-12-8-10-5-7-17(15,16)9-10/h10,12H,1-9H2,(H,13,14). The second-order valence-electron chi connectivity index (χ2n) is 4.68. The van der Waals surface area contributed by atoms with Crippen LogP contribution < -0.4 is 5.32 Å². The highest BCUT2D eigenvalue weighted by molar-refractivity contribution is 7.91. The van der Waals surface area contributed by atoms with Crippen molar-refractivity contribution in [3.63, 3.8) is 0 Å². The lowest BCUT2D eigenvalue weighted by Crippen LogP contribution is -2.24. The van der Waals surface area contributed by atoms with Crippen LogP contribution in [0.2, 0.25) is 0 Å². The van der Waals surface area contributed by atoms with Gasteiger partial charge in [0.1, 0.15) is 0 Å². The number of hydrogen-bond donors (Lipinski definition) is 2. The summed E-state index contributed by atoms with van der Waals surface area (Å²) in [6.07, 6.45) is 3.58. The minimum Gasteiger partial charge on any atom is -0.481 e. The summed E-state index contributed by atoms with van der Waals surface area (Å²) in [5.41, 5.74) is 0. The molecule has 0 aromatic carbocycles. The van der Waals surface area contributed by atoms with Crippen molar-refractivity contribution < 1.29 is 18.3 Å². The van der Waals surface area contributed by atoms with Gasteiger partial charge in [-0.2, -0.15) is 0 Å². The molecule has 17 heavy (non-hydrogen) atoms. The maximum Gasteiger partial charge on any atom is 0.303 e. The molecule has 100 valence electrons. The number of carboxylic acids is 1. The van der Waals surface area contributed by atoms with Crippen molar-refractivity contribution in [1.29, 1.82) is 0 Å². The summed E-state index contributed by atoms with van der Waals surface area (Å²) in [6.45, 7) is 1.61. The van der Waals surface area contributed by atoms with Gasteiger partial charge >= 0.3 is 5.97 Å². The van der Waals surface area contributed by atoms with Gasteiger partial charge in [-0.1, -0.05) is 6.42 Å². The van der Waals surface area contributed by atoms with Crippen LogP contribution in [0, 0.1) is 5.92 Å². The van der Waals surface area contributed by atoms with Crippen LogP contribution >= 0.6 is 0 Å². The Morgan fingerprint density at radius 1 is 1.29 bits per heavy atom. The molecule has 0 amide bonds. The maximum atomic E-state index is 11.2. The van der Waals surface area contributed by atoms with Crippen LogP contribution in [0.5, 0.6) is 0 Å². The zero-order valence-electron chi connectivity index (χ0n) is 10.0. The Bertz CT molecular complexity index is 339. The summed E-state index contributed by atoms with van der Waals surface area (Å²) in [5, 5.41) is 11.7. The fourth-order valence-corrected chi connectivity index (χ4v) is 3.90. The summed E-state index contributed by atoms with van der Waals surface area (Å²) >= 11 is 0. The van der Waals surface area contributed by atoms with Crippen LogP contribution in [0.4, 0.5) is 0 Å². The minimum atomic E-state index is -2.76. The lowest BCUT2D eigenvalue weighted by atomic mass is 10.1. The number of carbonyl (C=O) groups is 1. The smallest absolute Gasteiger partial charge is 0.303 e. The summed E-state index contributed by atoms with van der Waals surface area (Å²) in [7, 11) is -2.76. The summed E-state index contributed by atoms with van der Waals surface area (Å²) in [6, 6.07) is 0. The third-order valence-electron chi connectivity index (χ3n) is 3.00. The number of aliphatic carboxylic acids is 1. The van der Waals surface area contributed by atoms with E-state index in [0.717, 1.165) is 38.8 Å². The fraction of sp³-hybridized carbons (Fsp3) is 0.909. The van der Waals surface area contributed by atoms with Gasteiger partial charge in [-0.05, 0) is 38.3 Å². The highest BCUT2D eigenvalue weighted by atomic mass is 32.2. The van der Waals surface area contributed by atoms with Gasteiger partial charge in [0.2, 0.25) is 0 Å². The Kier molecular flexibility index (Phi) is 5.91. The van der Waals surface area contributed by atoms with Gasteiger partial charge in [0.15, 0.2) is 9.84 Å². The zero-order valence-corrected chi connectivity index (χ0v) is 10.8. The van der Waals surface area contributed by atoms with Crippen molar-refractivity contribution >= 4 is 15.8 Å². The van der Waals surface area contributed by atoms with E-state index in [0.29, 0.717) is 11.5 Å². The normalized spacial score (nSPS) is 22.7. The van der Waals surface area contributed by atoms with E-state index in [1.807, 2.05) is 0 Å². The molecular weight excluding hydrogens is 242 g/mol. The monoisotopic (exact) mass is 263 g/mol. The molecule has 1 aliphatic rings. The first-order chi connectivity index (χ1) is 7.99. The van der Waals surface area contributed by atoms with E-state index in [4.69, 9.17) is 5.11 Å². The van der Waals surface area contributed by atoms with Crippen LogP contribution in [0.3, 0.4) is 0 Å². The van der Waals surface area contributed by atoms with Crippen molar-refractivity contribution in [2.75, 3.05) is 24.6 Å². The molecule has 1 rings (SSSR count). The highest BCUT2D eigenvalue weighted by Gasteiger charge is 2.27. The third kappa shape index (κ3) is 6.63. The van der Waals surface area contributed by atoms with E-state index in [1.54, 1.807) is 0 Å². The predicted octanol–water partition coefficient (Wildman–Crippen LogP) is 0.656. The van der Waals surface area contributed by atoms with Crippen LogP contribution in [0.1, 0.15) is 32.1 Å². The molecule has 0 aromatic heterocycles. The lowest BCUT2D eigenvalue weighted by Gasteiger charge is -2.08. The van der Waals surface area contributed by atoms with Gasteiger partial charge in [0.05, 0.1) is 11.5 Å². The van der Waals surface area contributed by atoms with Crippen molar-refractivity contribution in [1.82, 2.24) is 5.32 Å². The molecule has 0 bridgehead atoms. The topological polar surface area (TPSA) is 83.5 Å². The van der Waals surface area contributed by atoms with E-state index in [-0.39, 0.29) is 12.3 Å². The number of rotatable bonds is 8. The second-order valence-corrected chi connectivity index (χ2v) is 6.91. The molecule has 1 fully saturated rings. The Balaban J connectivity index is 1.93. The summed E-state index contributed by atoms with van der Waals surface area (Å²) in [4.78, 5) is 10.3. The zero-order chi connectivity index (χ0) is 12.7. The first-order valence-electron chi connectivity index (χ1n) is 6.12. The van der Waals surface area contributed by atoms with Crippen molar-refractivity contribution in [3.8, 4) is 0 Å². The molecule has 1 unspecified atom stereocenters. The minimum absolute atomic E-state index is 0.237. The molecule has 0 aromatic rings. The molecular formula is C11H21NO4S. The van der Waals surface area contributed by atoms with E-state index in [2.05, 4.69) is 5.32 Å².